The molecule has 248 valence electrons. The van der Waals surface area contributed by atoms with Crippen LogP contribution < -0.4 is 9.62 Å². The summed E-state index contributed by atoms with van der Waals surface area (Å²) in [6.45, 7) is 1.15. The van der Waals surface area contributed by atoms with Crippen LogP contribution in [0.5, 0.6) is 0 Å². The molecule has 0 saturated carbocycles. The Kier molecular flexibility index (Phi) is 11.8. The summed E-state index contributed by atoms with van der Waals surface area (Å²) in [4.78, 5) is 29.0. The Bertz CT molecular complexity index is 1740. The second-order valence-electron chi connectivity index (χ2n) is 10.9. The van der Waals surface area contributed by atoms with Crippen LogP contribution in [-0.4, -0.2) is 44.3 Å². The number of nitrogens with zero attached hydrogens (tertiary/aromatic N) is 2. The highest BCUT2D eigenvalue weighted by Crippen LogP contribution is 2.33. The van der Waals surface area contributed by atoms with E-state index in [1.165, 1.54) is 59.5 Å². The molecule has 7 nitrogen and oxygen atoms in total. The van der Waals surface area contributed by atoms with Gasteiger partial charge in [-0.25, -0.2) is 12.8 Å². The molecule has 0 aliphatic carbocycles. The van der Waals surface area contributed by atoms with Gasteiger partial charge in [0, 0.05) is 19.5 Å². The maximum atomic E-state index is 14.4. The van der Waals surface area contributed by atoms with Crippen molar-refractivity contribution < 1.29 is 35.6 Å². The Morgan fingerprint density at radius 2 is 1.47 bits per heavy atom. The second kappa shape index (κ2) is 15.7. The molecule has 0 unspecified atom stereocenters. The molecule has 0 aliphatic rings. The Morgan fingerprint density at radius 3 is 2.09 bits per heavy atom. The van der Waals surface area contributed by atoms with E-state index in [0.29, 0.717) is 34.5 Å². The minimum absolute atomic E-state index is 0.0563. The second-order valence-corrected chi connectivity index (χ2v) is 12.7. The maximum absolute atomic E-state index is 14.4. The third-order valence-electron chi connectivity index (χ3n) is 7.44. The van der Waals surface area contributed by atoms with Crippen LogP contribution in [0.25, 0.3) is 0 Å². The van der Waals surface area contributed by atoms with Gasteiger partial charge in [0.2, 0.25) is 11.8 Å². The summed E-state index contributed by atoms with van der Waals surface area (Å²) in [7, 11) is -4.58. The average Bonchev–Trinajstić information content (AvgIpc) is 3.06. The molecule has 0 bridgehead atoms. The first-order chi connectivity index (χ1) is 22.4. The molecule has 12 heteroatoms. The zero-order valence-corrected chi connectivity index (χ0v) is 26.5. The van der Waals surface area contributed by atoms with Gasteiger partial charge in [-0.2, -0.15) is 13.2 Å². The molecular weight excluding hydrogens is 634 g/mol. The van der Waals surface area contributed by atoms with E-state index < -0.39 is 52.0 Å². The minimum Gasteiger partial charge on any atom is -0.354 e. The predicted octanol–water partition coefficient (Wildman–Crippen LogP) is 6.60. The van der Waals surface area contributed by atoms with Gasteiger partial charge < -0.3 is 10.2 Å². The number of rotatable bonds is 14. The molecule has 0 heterocycles. The van der Waals surface area contributed by atoms with Crippen molar-refractivity contribution in [2.75, 3.05) is 17.4 Å². The van der Waals surface area contributed by atoms with Crippen molar-refractivity contribution in [2.45, 2.75) is 49.8 Å². The van der Waals surface area contributed by atoms with Crippen LogP contribution in [0, 0.1) is 5.82 Å². The van der Waals surface area contributed by atoms with Gasteiger partial charge in [0.1, 0.15) is 18.4 Å². The molecule has 4 aromatic carbocycles. The van der Waals surface area contributed by atoms with Crippen molar-refractivity contribution in [3.63, 3.8) is 0 Å². The number of nitrogens with one attached hydrogen (secondary N) is 1. The van der Waals surface area contributed by atoms with Crippen LogP contribution in [0.1, 0.15) is 36.5 Å². The van der Waals surface area contributed by atoms with Crippen molar-refractivity contribution in [1.82, 2.24) is 10.2 Å². The molecule has 0 aromatic heterocycles. The third-order valence-corrected chi connectivity index (χ3v) is 9.23. The molecule has 0 saturated heterocycles. The van der Waals surface area contributed by atoms with Gasteiger partial charge in [-0.3, -0.25) is 13.9 Å². The topological polar surface area (TPSA) is 86.8 Å². The number of unbranched alkanes of at least 4 members (excludes halogenated alkanes) is 1. The number of amides is 2. The number of hydrogen-bond acceptors (Lipinski definition) is 4. The largest absolute Gasteiger partial charge is 0.416 e. The van der Waals surface area contributed by atoms with Gasteiger partial charge in [-0.15, -0.1) is 0 Å². The zero-order valence-electron chi connectivity index (χ0n) is 25.7. The third kappa shape index (κ3) is 9.41. The minimum atomic E-state index is -4.78. The molecule has 4 aromatic rings. The SMILES string of the molecule is CCCCNC(=O)[C@H](Cc1ccccc1)N(Cc1ccc(F)cc1)C(=O)CN(c1cccc(C(F)(F)F)c1)S(=O)(=O)c1ccccc1. The molecule has 4 rings (SSSR count). The van der Waals surface area contributed by atoms with E-state index in [0.717, 1.165) is 18.6 Å². The Labute approximate surface area is 271 Å². The van der Waals surface area contributed by atoms with E-state index in [1.807, 2.05) is 6.92 Å². The van der Waals surface area contributed by atoms with Gasteiger partial charge in [-0.1, -0.05) is 80.1 Å². The fourth-order valence-corrected chi connectivity index (χ4v) is 6.36. The van der Waals surface area contributed by atoms with Gasteiger partial charge in [0.25, 0.3) is 10.0 Å². The van der Waals surface area contributed by atoms with E-state index in [4.69, 9.17) is 0 Å². The number of anilines is 1. The number of halogens is 4. The van der Waals surface area contributed by atoms with Crippen LogP contribution in [-0.2, 0) is 38.8 Å². The first-order valence-corrected chi connectivity index (χ1v) is 16.4. The fourth-order valence-electron chi connectivity index (χ4n) is 4.93. The lowest BCUT2D eigenvalue weighted by Crippen LogP contribution is -2.53. The maximum Gasteiger partial charge on any atom is 0.416 e. The summed E-state index contributed by atoms with van der Waals surface area (Å²) in [6.07, 6.45) is -3.26. The molecule has 47 heavy (non-hydrogen) atoms. The predicted molar refractivity (Wildman–Crippen MR) is 171 cm³/mol. The molecule has 2 amide bonds. The van der Waals surface area contributed by atoms with Crippen LogP contribution in [0.4, 0.5) is 23.2 Å². The average molecular weight is 670 g/mol. The van der Waals surface area contributed by atoms with Crippen molar-refractivity contribution >= 4 is 27.5 Å². The number of hydrogen-bond donors (Lipinski definition) is 1. The summed E-state index contributed by atoms with van der Waals surface area (Å²) in [5, 5.41) is 2.85. The van der Waals surface area contributed by atoms with Crippen LogP contribution in [0.3, 0.4) is 0 Å². The quantitative estimate of drug-likeness (QED) is 0.121. The van der Waals surface area contributed by atoms with Crippen molar-refractivity contribution in [3.05, 3.63) is 132 Å². The number of sulfonamides is 1. The Hall–Kier alpha value is -4.71. The first-order valence-electron chi connectivity index (χ1n) is 15.0. The fraction of sp³-hybridized carbons (Fsp3) is 0.257. The highest BCUT2D eigenvalue weighted by Gasteiger charge is 2.36. The van der Waals surface area contributed by atoms with E-state index in [2.05, 4.69) is 5.32 Å². The zero-order chi connectivity index (χ0) is 34.0. The van der Waals surface area contributed by atoms with Gasteiger partial charge in [0.05, 0.1) is 16.1 Å². The summed E-state index contributed by atoms with van der Waals surface area (Å²) in [5.74, 6) is -1.86. The van der Waals surface area contributed by atoms with E-state index in [1.54, 1.807) is 36.4 Å². The van der Waals surface area contributed by atoms with E-state index >= 15 is 0 Å². The molecule has 0 spiro atoms. The van der Waals surface area contributed by atoms with E-state index in [9.17, 15) is 35.6 Å². The summed E-state index contributed by atoms with van der Waals surface area (Å²) in [6, 6.07) is 23.8. The van der Waals surface area contributed by atoms with Crippen molar-refractivity contribution in [1.29, 1.82) is 0 Å². The summed E-state index contributed by atoms with van der Waals surface area (Å²) >= 11 is 0. The van der Waals surface area contributed by atoms with Gasteiger partial charge >= 0.3 is 6.18 Å². The number of carbonyl (C=O) groups excluding carboxylic acids is 2. The molecule has 0 radical (unpaired) electrons. The molecular formula is C35H35F4N3O4S. The Morgan fingerprint density at radius 1 is 0.830 bits per heavy atom. The molecule has 1 atom stereocenters. The van der Waals surface area contributed by atoms with E-state index in [-0.39, 0.29) is 23.5 Å². The standard InChI is InChI=1S/C35H35F4N3O4S/c1-2-3-21-40-34(44)32(22-26-11-6-4-7-12-26)41(24-27-17-19-29(36)20-18-27)33(43)25-42(47(45,46)31-15-8-5-9-16-31)30-14-10-13-28(23-30)35(37,38)39/h4-20,23,32H,2-3,21-22,24-25H2,1H3,(H,40,44)/t32-/m0/s1. The van der Waals surface area contributed by atoms with Crippen LogP contribution in [0.15, 0.2) is 114 Å². The molecule has 0 aliphatic heterocycles. The lowest BCUT2D eigenvalue weighted by atomic mass is 10.0. The number of alkyl halides is 3. The number of carbonyl (C=O) groups is 2. The molecule has 0 fully saturated rings. The van der Waals surface area contributed by atoms with Crippen molar-refractivity contribution in [3.8, 4) is 0 Å². The molecule has 1 N–H and O–H groups in total. The van der Waals surface area contributed by atoms with Crippen molar-refractivity contribution in [2.24, 2.45) is 0 Å². The normalized spacial score (nSPS) is 12.3. The lowest BCUT2D eigenvalue weighted by Gasteiger charge is -2.34. The highest BCUT2D eigenvalue weighted by molar-refractivity contribution is 7.92. The first kappa shape index (κ1) is 35.1. The summed E-state index contributed by atoms with van der Waals surface area (Å²) in [5.41, 5.74) is -0.315. The highest BCUT2D eigenvalue weighted by atomic mass is 32.2. The van der Waals surface area contributed by atoms with Gasteiger partial charge in [-0.05, 0) is 60.0 Å². The summed E-state index contributed by atoms with van der Waals surface area (Å²) < 4.78 is 83.5. The van der Waals surface area contributed by atoms with Crippen LogP contribution >= 0.6 is 0 Å². The van der Waals surface area contributed by atoms with Crippen LogP contribution in [0.2, 0.25) is 0 Å². The smallest absolute Gasteiger partial charge is 0.354 e. The lowest BCUT2D eigenvalue weighted by molar-refractivity contribution is -0.140. The number of benzene rings is 4. The van der Waals surface area contributed by atoms with Gasteiger partial charge in [0.15, 0.2) is 0 Å². The monoisotopic (exact) mass is 669 g/mol. The Balaban J connectivity index is 1.82.